The molecule has 1 atom stereocenters. The van der Waals surface area contributed by atoms with E-state index in [4.69, 9.17) is 4.74 Å². The maximum Gasteiger partial charge on any atom is 0.222 e. The Kier molecular flexibility index (Phi) is 5.33. The SMILES string of the molecule is O=C(CCC1CCNC1)N1CCC(Oc2ccccc2)CC1. The van der Waals surface area contributed by atoms with Crippen LogP contribution in [0.3, 0.4) is 0 Å². The fraction of sp³-hybridized carbons (Fsp3) is 0.611. The van der Waals surface area contributed by atoms with Gasteiger partial charge < -0.3 is 15.0 Å². The molecule has 0 bridgehead atoms. The van der Waals surface area contributed by atoms with E-state index in [1.165, 1.54) is 6.42 Å². The first kappa shape index (κ1) is 15.3. The number of para-hydroxylation sites is 1. The Morgan fingerprint density at radius 1 is 1.18 bits per heavy atom. The molecule has 2 aliphatic heterocycles. The molecule has 1 unspecified atom stereocenters. The van der Waals surface area contributed by atoms with Gasteiger partial charge in [-0.3, -0.25) is 4.79 Å². The van der Waals surface area contributed by atoms with E-state index in [-0.39, 0.29) is 6.10 Å². The Bertz CT molecular complexity index is 463. The average Bonchev–Trinajstić information content (AvgIpc) is 3.08. The minimum absolute atomic E-state index is 0.241. The first-order chi connectivity index (χ1) is 10.8. The minimum atomic E-state index is 0.241. The number of nitrogens with one attached hydrogen (secondary N) is 1. The van der Waals surface area contributed by atoms with Crippen LogP contribution in [0, 0.1) is 5.92 Å². The number of piperidine rings is 1. The van der Waals surface area contributed by atoms with Crippen molar-refractivity contribution in [3.8, 4) is 5.75 Å². The van der Waals surface area contributed by atoms with Crippen LogP contribution in [0.15, 0.2) is 30.3 Å². The maximum atomic E-state index is 12.3. The van der Waals surface area contributed by atoms with Crippen molar-refractivity contribution in [2.45, 2.75) is 38.2 Å². The molecule has 0 spiro atoms. The first-order valence-electron chi connectivity index (χ1n) is 8.51. The van der Waals surface area contributed by atoms with Gasteiger partial charge >= 0.3 is 0 Å². The molecule has 3 rings (SSSR count). The second-order valence-electron chi connectivity index (χ2n) is 6.41. The highest BCUT2D eigenvalue weighted by molar-refractivity contribution is 5.76. The van der Waals surface area contributed by atoms with E-state index in [1.807, 2.05) is 35.2 Å². The molecular weight excluding hydrogens is 276 g/mol. The molecule has 4 nitrogen and oxygen atoms in total. The van der Waals surface area contributed by atoms with Gasteiger partial charge in [0.1, 0.15) is 11.9 Å². The molecule has 22 heavy (non-hydrogen) atoms. The van der Waals surface area contributed by atoms with E-state index >= 15 is 0 Å². The van der Waals surface area contributed by atoms with E-state index < -0.39 is 0 Å². The van der Waals surface area contributed by atoms with Crippen LogP contribution >= 0.6 is 0 Å². The molecule has 2 aliphatic rings. The highest BCUT2D eigenvalue weighted by Gasteiger charge is 2.24. The van der Waals surface area contributed by atoms with Crippen LogP contribution in [0.5, 0.6) is 5.75 Å². The lowest BCUT2D eigenvalue weighted by atomic mass is 10.0. The van der Waals surface area contributed by atoms with Gasteiger partial charge in [0, 0.05) is 32.4 Å². The van der Waals surface area contributed by atoms with Gasteiger partial charge in [-0.25, -0.2) is 0 Å². The van der Waals surface area contributed by atoms with Gasteiger partial charge in [-0.1, -0.05) is 18.2 Å². The first-order valence-corrected chi connectivity index (χ1v) is 8.51. The predicted molar refractivity (Wildman–Crippen MR) is 86.9 cm³/mol. The molecule has 0 aliphatic carbocycles. The summed E-state index contributed by atoms with van der Waals surface area (Å²) in [5.74, 6) is 1.95. The number of hydrogen-bond acceptors (Lipinski definition) is 3. The van der Waals surface area contributed by atoms with Crippen molar-refractivity contribution in [3.05, 3.63) is 30.3 Å². The number of rotatable bonds is 5. The molecule has 0 aromatic heterocycles. The van der Waals surface area contributed by atoms with Crippen LogP contribution in [0.4, 0.5) is 0 Å². The van der Waals surface area contributed by atoms with E-state index in [0.717, 1.165) is 51.2 Å². The summed E-state index contributed by atoms with van der Waals surface area (Å²) in [6, 6.07) is 9.96. The summed E-state index contributed by atoms with van der Waals surface area (Å²) in [5.41, 5.74) is 0. The maximum absolute atomic E-state index is 12.3. The van der Waals surface area contributed by atoms with Gasteiger partial charge in [-0.05, 0) is 44.0 Å². The van der Waals surface area contributed by atoms with Crippen molar-refractivity contribution < 1.29 is 9.53 Å². The summed E-state index contributed by atoms with van der Waals surface area (Å²) < 4.78 is 5.98. The van der Waals surface area contributed by atoms with Gasteiger partial charge in [0.15, 0.2) is 0 Å². The molecule has 120 valence electrons. The van der Waals surface area contributed by atoms with Crippen molar-refractivity contribution in [2.75, 3.05) is 26.2 Å². The quantitative estimate of drug-likeness (QED) is 0.908. The van der Waals surface area contributed by atoms with E-state index in [1.54, 1.807) is 0 Å². The highest BCUT2D eigenvalue weighted by atomic mass is 16.5. The summed E-state index contributed by atoms with van der Waals surface area (Å²) in [5, 5.41) is 3.36. The highest BCUT2D eigenvalue weighted by Crippen LogP contribution is 2.20. The zero-order valence-corrected chi connectivity index (χ0v) is 13.2. The number of ether oxygens (including phenoxy) is 1. The second-order valence-corrected chi connectivity index (χ2v) is 6.41. The molecule has 1 N–H and O–H groups in total. The Balaban J connectivity index is 1.38. The number of carbonyl (C=O) groups is 1. The number of nitrogens with zero attached hydrogens (tertiary/aromatic N) is 1. The third-order valence-electron chi connectivity index (χ3n) is 4.77. The van der Waals surface area contributed by atoms with Gasteiger partial charge in [0.2, 0.25) is 5.91 Å². The smallest absolute Gasteiger partial charge is 0.222 e. The predicted octanol–water partition coefficient (Wildman–Crippen LogP) is 2.45. The number of benzene rings is 1. The zero-order chi connectivity index (χ0) is 15.2. The normalized spacial score (nSPS) is 22.7. The summed E-state index contributed by atoms with van der Waals surface area (Å²) in [7, 11) is 0. The lowest BCUT2D eigenvalue weighted by Gasteiger charge is -2.32. The standard InChI is InChI=1S/C18H26N2O2/c21-18(7-6-15-8-11-19-14-15)20-12-9-17(10-13-20)22-16-4-2-1-3-5-16/h1-5,15,17,19H,6-14H2. The third kappa shape index (κ3) is 4.23. The molecule has 2 heterocycles. The van der Waals surface area contributed by atoms with Gasteiger partial charge in [-0.2, -0.15) is 0 Å². The third-order valence-corrected chi connectivity index (χ3v) is 4.77. The molecule has 1 aromatic rings. The number of likely N-dealkylation sites (tertiary alicyclic amines) is 1. The van der Waals surface area contributed by atoms with Gasteiger partial charge in [0.05, 0.1) is 0 Å². The Hall–Kier alpha value is -1.55. The minimum Gasteiger partial charge on any atom is -0.490 e. The van der Waals surface area contributed by atoms with Crippen molar-refractivity contribution in [1.29, 1.82) is 0 Å². The topological polar surface area (TPSA) is 41.6 Å². The van der Waals surface area contributed by atoms with Crippen LogP contribution in [0.1, 0.15) is 32.1 Å². The second kappa shape index (κ2) is 7.63. The molecular formula is C18H26N2O2. The van der Waals surface area contributed by atoms with Gasteiger partial charge in [-0.15, -0.1) is 0 Å². The summed E-state index contributed by atoms with van der Waals surface area (Å²) in [4.78, 5) is 14.3. The lowest BCUT2D eigenvalue weighted by Crippen LogP contribution is -2.41. The van der Waals surface area contributed by atoms with Crippen LogP contribution in [-0.4, -0.2) is 43.1 Å². The molecule has 1 amide bonds. The zero-order valence-electron chi connectivity index (χ0n) is 13.2. The van der Waals surface area contributed by atoms with Crippen LogP contribution in [0.2, 0.25) is 0 Å². The Morgan fingerprint density at radius 3 is 2.64 bits per heavy atom. The van der Waals surface area contributed by atoms with E-state index in [9.17, 15) is 4.79 Å². The average molecular weight is 302 g/mol. The van der Waals surface area contributed by atoms with Crippen LogP contribution in [-0.2, 0) is 4.79 Å². The van der Waals surface area contributed by atoms with Crippen molar-refractivity contribution in [2.24, 2.45) is 5.92 Å². The summed E-state index contributed by atoms with van der Waals surface area (Å²) in [6.07, 6.45) is 5.07. The monoisotopic (exact) mass is 302 g/mol. The van der Waals surface area contributed by atoms with Gasteiger partial charge in [0.25, 0.3) is 0 Å². The van der Waals surface area contributed by atoms with Crippen LogP contribution in [0.25, 0.3) is 0 Å². The van der Waals surface area contributed by atoms with Crippen molar-refractivity contribution in [1.82, 2.24) is 10.2 Å². The largest absolute Gasteiger partial charge is 0.490 e. The fourth-order valence-electron chi connectivity index (χ4n) is 3.36. The molecule has 0 radical (unpaired) electrons. The molecule has 1 aromatic carbocycles. The van der Waals surface area contributed by atoms with E-state index in [2.05, 4.69) is 5.32 Å². The lowest BCUT2D eigenvalue weighted by molar-refractivity contribution is -0.133. The molecule has 2 saturated heterocycles. The van der Waals surface area contributed by atoms with Crippen LogP contribution < -0.4 is 10.1 Å². The molecule has 4 heteroatoms. The number of amides is 1. The summed E-state index contributed by atoms with van der Waals surface area (Å²) in [6.45, 7) is 3.86. The van der Waals surface area contributed by atoms with Crippen molar-refractivity contribution >= 4 is 5.91 Å². The number of hydrogen-bond donors (Lipinski definition) is 1. The molecule has 2 fully saturated rings. The summed E-state index contributed by atoms with van der Waals surface area (Å²) >= 11 is 0. The van der Waals surface area contributed by atoms with E-state index in [0.29, 0.717) is 18.2 Å². The Labute approximate surface area is 132 Å². The Morgan fingerprint density at radius 2 is 1.95 bits per heavy atom. The number of carbonyl (C=O) groups excluding carboxylic acids is 1. The molecule has 0 saturated carbocycles. The van der Waals surface area contributed by atoms with Crippen molar-refractivity contribution in [3.63, 3.8) is 0 Å². The fourth-order valence-corrected chi connectivity index (χ4v) is 3.36.